The molecule has 262 valence electrons. The summed E-state index contributed by atoms with van der Waals surface area (Å²) in [6.45, 7) is 20.8. The van der Waals surface area contributed by atoms with Crippen molar-refractivity contribution < 1.29 is 14.2 Å². The summed E-state index contributed by atoms with van der Waals surface area (Å²) in [5, 5.41) is 0. The van der Waals surface area contributed by atoms with E-state index in [4.69, 9.17) is 0 Å². The first kappa shape index (κ1) is 36.0. The van der Waals surface area contributed by atoms with Gasteiger partial charge in [-0.05, 0) is 0 Å². The summed E-state index contributed by atoms with van der Waals surface area (Å²) in [5.41, 5.74) is 16.8. The van der Waals surface area contributed by atoms with Gasteiger partial charge in [0.05, 0.1) is 0 Å². The van der Waals surface area contributed by atoms with E-state index in [1.807, 2.05) is 0 Å². The second kappa shape index (κ2) is 10.6. The molecule has 5 aromatic carbocycles. The third kappa shape index (κ3) is 5.29. The summed E-state index contributed by atoms with van der Waals surface area (Å²) in [7, 11) is 0. The van der Waals surface area contributed by atoms with Gasteiger partial charge in [-0.25, -0.2) is 0 Å². The van der Waals surface area contributed by atoms with E-state index in [9.17, 15) is 0 Å². The standard InChI is InChI=1S/2C20H21.C6H5.3CH3.Hf.H2Si/c2*1-14-13-16(20(2,3)4)11-12-17(14)19-10-6-8-15-7-5-9-18(15)19;1-2-4-6-5-3-1;;;;;/h2*5-13H,1-4H3;1-5H;3*1H3;;1H2. The minimum atomic E-state index is -5.42. The van der Waals surface area contributed by atoms with E-state index in [0.29, 0.717) is 0 Å². The van der Waals surface area contributed by atoms with Crippen LogP contribution < -0.4 is 3.32 Å². The van der Waals surface area contributed by atoms with Gasteiger partial charge in [-0.2, -0.15) is 0 Å². The third-order valence-corrected chi connectivity index (χ3v) is 60.6. The van der Waals surface area contributed by atoms with E-state index in [2.05, 4.69) is 204 Å². The summed E-state index contributed by atoms with van der Waals surface area (Å²) in [6.07, 6.45) is 10.2. The van der Waals surface area contributed by atoms with Crippen LogP contribution >= 0.6 is 0 Å². The van der Waals surface area contributed by atoms with Gasteiger partial charge >= 0.3 is 306 Å². The van der Waals surface area contributed by atoms with Crippen molar-refractivity contribution in [1.29, 1.82) is 0 Å². The van der Waals surface area contributed by atoms with Crippen molar-refractivity contribution in [2.24, 2.45) is 0 Å². The van der Waals surface area contributed by atoms with Crippen LogP contribution in [0.2, 0.25) is 14.0 Å². The van der Waals surface area contributed by atoms with Gasteiger partial charge in [-0.1, -0.05) is 0 Å². The summed E-state index contributed by atoms with van der Waals surface area (Å²) in [5.74, 6) is 0. The van der Waals surface area contributed by atoms with Crippen LogP contribution in [0.5, 0.6) is 0 Å². The van der Waals surface area contributed by atoms with Crippen molar-refractivity contribution in [3.05, 3.63) is 160 Å². The van der Waals surface area contributed by atoms with Gasteiger partial charge in [0.1, 0.15) is 0 Å². The third-order valence-electron chi connectivity index (χ3n) is 13.8. The monoisotopic (exact) mass is 854 g/mol. The molecular weight excluding hydrogens is 795 g/mol. The molecule has 2 aliphatic rings. The Bertz CT molecular complexity index is 2290. The Hall–Kier alpha value is -3.33. The molecule has 0 amide bonds. The number of hydrogen-bond donors (Lipinski definition) is 0. The van der Waals surface area contributed by atoms with Gasteiger partial charge < -0.3 is 0 Å². The average molecular weight is 854 g/mol. The van der Waals surface area contributed by atoms with Crippen LogP contribution in [0.15, 0.2) is 115 Å². The average Bonchev–Trinajstić information content (AvgIpc) is 3.72. The quantitative estimate of drug-likeness (QED) is 0.155. The minimum absolute atomic E-state index is 0.122. The fraction of sp³-hybridized carbons (Fsp3) is 0.306. The molecule has 2 aliphatic carbocycles. The van der Waals surface area contributed by atoms with Crippen LogP contribution in [-0.2, 0) is 25.0 Å². The molecule has 5 aromatic rings. The SMILES string of the molecule is Cc1cc(C(C)(C)C)ccc1-c1cccc2c1C=C[CH]2[Hf]([CH3])([CH3])([CH3])(=[SiH2])([c]1ccccc1)[CH]1C=Cc2c(-c3ccc(C(C)(C)C)cc3C)cccc21. The Morgan fingerprint density at radius 1 is 0.490 bits per heavy atom. The van der Waals surface area contributed by atoms with Gasteiger partial charge in [0.2, 0.25) is 0 Å². The maximum atomic E-state index is 2.78. The van der Waals surface area contributed by atoms with Crippen LogP contribution in [0.1, 0.15) is 93.4 Å². The molecular formula is C49H58HfSi. The number of aryl methyl sites for hydroxylation is 2. The Labute approximate surface area is 304 Å². The molecule has 0 N–H and O–H groups in total. The Kier molecular flexibility index (Phi) is 7.52. The molecule has 2 heteroatoms. The van der Waals surface area contributed by atoms with Crippen molar-refractivity contribution >= 4 is 22.4 Å². The predicted molar refractivity (Wildman–Crippen MR) is 226 cm³/mol. The molecule has 0 radical (unpaired) electrons. The van der Waals surface area contributed by atoms with Gasteiger partial charge in [-0.3, -0.25) is 0 Å². The van der Waals surface area contributed by atoms with Crippen LogP contribution in [0.3, 0.4) is 0 Å². The van der Waals surface area contributed by atoms with Crippen molar-refractivity contribution in [1.82, 2.24) is 0 Å². The molecule has 0 bridgehead atoms. The van der Waals surface area contributed by atoms with E-state index in [0.717, 1.165) is 0 Å². The number of benzene rings is 5. The number of hydrogen-bond acceptors (Lipinski definition) is 0. The van der Waals surface area contributed by atoms with Gasteiger partial charge in [0.25, 0.3) is 0 Å². The first-order chi connectivity index (χ1) is 23.6. The molecule has 0 saturated carbocycles. The van der Waals surface area contributed by atoms with Crippen LogP contribution in [-0.4, -0.2) is 6.94 Å². The molecule has 0 heterocycles. The first-order valence-corrected chi connectivity index (χ1v) is 44.1. The molecule has 2 atom stereocenters. The zero-order chi connectivity index (χ0) is 36.9. The Morgan fingerprint density at radius 3 is 1.27 bits per heavy atom. The van der Waals surface area contributed by atoms with Crippen LogP contribution in [0.25, 0.3) is 34.4 Å². The molecule has 7 rings (SSSR count). The van der Waals surface area contributed by atoms with Crippen molar-refractivity contribution in [3.63, 3.8) is 0 Å². The molecule has 51 heavy (non-hydrogen) atoms. The molecule has 0 aromatic heterocycles. The van der Waals surface area contributed by atoms with Crippen molar-refractivity contribution in [2.75, 3.05) is 0 Å². The molecule has 2 unspecified atom stereocenters. The number of fused-ring (bicyclic) bond motifs is 2. The van der Waals surface area contributed by atoms with Crippen molar-refractivity contribution in [3.8, 4) is 22.3 Å². The zero-order valence-corrected chi connectivity index (χ0v) is 38.0. The Morgan fingerprint density at radius 2 is 0.902 bits per heavy atom. The van der Waals surface area contributed by atoms with E-state index in [1.54, 1.807) is 0 Å². The van der Waals surface area contributed by atoms with Gasteiger partial charge in [0, 0.05) is 0 Å². The summed E-state index contributed by atoms with van der Waals surface area (Å²) < 4.78 is 10.4. The number of rotatable bonds is 5. The van der Waals surface area contributed by atoms with Gasteiger partial charge in [0.15, 0.2) is 0 Å². The van der Waals surface area contributed by atoms with Crippen LogP contribution in [0, 0.1) is 13.8 Å². The summed E-state index contributed by atoms with van der Waals surface area (Å²) in [4.78, 5) is 0. The predicted octanol–water partition coefficient (Wildman–Crippen LogP) is 12.8. The fourth-order valence-electron chi connectivity index (χ4n) is 10.2. The van der Waals surface area contributed by atoms with E-state index in [1.165, 1.54) is 70.1 Å². The first-order valence-electron chi connectivity index (χ1n) is 19.0. The summed E-state index contributed by atoms with van der Waals surface area (Å²) >= 11 is -5.42. The number of allylic oxidation sites excluding steroid dienone is 2. The normalized spacial score (nSPS) is 19.2. The summed E-state index contributed by atoms with van der Waals surface area (Å²) in [6, 6.07) is 40.1. The maximum absolute atomic E-state index is 5.42. The van der Waals surface area contributed by atoms with E-state index >= 15 is 0 Å². The van der Waals surface area contributed by atoms with Gasteiger partial charge in [-0.15, -0.1) is 0 Å². The van der Waals surface area contributed by atoms with E-state index in [-0.39, 0.29) is 18.2 Å². The van der Waals surface area contributed by atoms with Crippen molar-refractivity contribution in [2.45, 2.75) is 87.6 Å². The second-order valence-corrected chi connectivity index (χ2v) is 98.5. The van der Waals surface area contributed by atoms with Crippen LogP contribution in [0.4, 0.5) is 0 Å². The van der Waals surface area contributed by atoms with E-state index < -0.39 is 14.2 Å². The molecule has 0 fully saturated rings. The second-order valence-electron chi connectivity index (χ2n) is 21.3. The molecule has 0 aliphatic heterocycles. The zero-order valence-electron chi connectivity index (χ0n) is 33.0. The topological polar surface area (TPSA) is 0 Å². The molecule has 0 spiro atoms. The molecule has 0 saturated heterocycles. The Balaban J connectivity index is 1.45. The molecule has 0 nitrogen and oxygen atoms in total. The fourth-order valence-corrected chi connectivity index (χ4v) is 48.3.